The van der Waals surface area contributed by atoms with Crippen molar-refractivity contribution in [3.63, 3.8) is 0 Å². The van der Waals surface area contributed by atoms with Crippen LogP contribution >= 0.6 is 11.6 Å². The third-order valence-electron chi connectivity index (χ3n) is 3.69. The Balaban J connectivity index is 1.74. The van der Waals surface area contributed by atoms with Crippen LogP contribution in [0.15, 0.2) is 23.3 Å². The third kappa shape index (κ3) is 2.71. The molecule has 7 heteroatoms. The van der Waals surface area contributed by atoms with Crippen molar-refractivity contribution < 1.29 is 4.79 Å². The number of carbonyl (C=O) groups excluding carboxylic acids is 1. The number of nitrogens with one attached hydrogen (secondary N) is 2. The molecule has 2 aromatic rings. The third-order valence-corrected chi connectivity index (χ3v) is 3.97. The molecule has 0 radical (unpaired) electrons. The number of rotatable bonds is 2. The highest BCUT2D eigenvalue weighted by atomic mass is 35.5. The van der Waals surface area contributed by atoms with Crippen LogP contribution in [-0.2, 0) is 0 Å². The first-order chi connectivity index (χ1) is 10.0. The number of amides is 1. The Hall–Kier alpha value is -2.08. The summed E-state index contributed by atoms with van der Waals surface area (Å²) in [6.07, 6.45) is 4.07. The molecule has 21 heavy (non-hydrogen) atoms. The van der Waals surface area contributed by atoms with Crippen LogP contribution in [0, 0.1) is 6.92 Å². The van der Waals surface area contributed by atoms with E-state index in [1.165, 1.54) is 12.3 Å². The van der Waals surface area contributed by atoms with Crippen LogP contribution in [0.4, 0.5) is 0 Å². The molecule has 1 atom stereocenters. The Bertz CT molecular complexity index is 737. The summed E-state index contributed by atoms with van der Waals surface area (Å²) in [6, 6.07) is 1.41. The van der Waals surface area contributed by atoms with Gasteiger partial charge in [-0.25, -0.2) is 4.98 Å². The van der Waals surface area contributed by atoms with E-state index < -0.39 is 5.56 Å². The molecule has 0 aromatic carbocycles. The van der Waals surface area contributed by atoms with E-state index in [0.717, 1.165) is 17.9 Å². The van der Waals surface area contributed by atoms with Gasteiger partial charge in [-0.1, -0.05) is 11.6 Å². The second-order valence-electron chi connectivity index (χ2n) is 5.25. The molecule has 0 aliphatic carbocycles. The van der Waals surface area contributed by atoms with Crippen molar-refractivity contribution in [3.8, 4) is 0 Å². The zero-order valence-electron chi connectivity index (χ0n) is 11.5. The van der Waals surface area contributed by atoms with Crippen molar-refractivity contribution in [1.82, 2.24) is 19.9 Å². The SMILES string of the molecule is Cc1cnc([C@H]2CCN(C(=O)c3c[nH]c(=O)c(Cl)c3)C2)[nH]1. The summed E-state index contributed by atoms with van der Waals surface area (Å²) < 4.78 is 0. The number of likely N-dealkylation sites (tertiary alicyclic amines) is 1. The van der Waals surface area contributed by atoms with Gasteiger partial charge in [0.15, 0.2) is 0 Å². The molecule has 2 N–H and O–H groups in total. The fourth-order valence-corrected chi connectivity index (χ4v) is 2.74. The fraction of sp³-hybridized carbons (Fsp3) is 0.357. The van der Waals surface area contributed by atoms with Crippen molar-refractivity contribution in [1.29, 1.82) is 0 Å². The Morgan fingerprint density at radius 1 is 1.52 bits per heavy atom. The molecule has 1 fully saturated rings. The van der Waals surface area contributed by atoms with Gasteiger partial charge < -0.3 is 14.9 Å². The summed E-state index contributed by atoms with van der Waals surface area (Å²) in [7, 11) is 0. The number of hydrogen-bond donors (Lipinski definition) is 2. The second-order valence-corrected chi connectivity index (χ2v) is 5.66. The molecule has 2 aromatic heterocycles. The Labute approximate surface area is 126 Å². The van der Waals surface area contributed by atoms with Crippen LogP contribution in [0.5, 0.6) is 0 Å². The molecule has 0 spiro atoms. The predicted molar refractivity (Wildman–Crippen MR) is 78.7 cm³/mol. The van der Waals surface area contributed by atoms with Crippen molar-refractivity contribution in [2.75, 3.05) is 13.1 Å². The van der Waals surface area contributed by atoms with E-state index in [-0.39, 0.29) is 16.8 Å². The molecule has 3 heterocycles. The molecule has 0 unspecified atom stereocenters. The lowest BCUT2D eigenvalue weighted by Gasteiger charge is -2.16. The average molecular weight is 307 g/mol. The number of imidazole rings is 1. The van der Waals surface area contributed by atoms with Crippen LogP contribution in [-0.4, -0.2) is 38.8 Å². The molecule has 0 saturated carbocycles. The quantitative estimate of drug-likeness (QED) is 0.886. The summed E-state index contributed by atoms with van der Waals surface area (Å²) in [5.41, 5.74) is 1.02. The van der Waals surface area contributed by atoms with E-state index in [4.69, 9.17) is 11.6 Å². The number of hydrogen-bond acceptors (Lipinski definition) is 3. The number of aryl methyl sites for hydroxylation is 1. The van der Waals surface area contributed by atoms with E-state index in [1.54, 1.807) is 11.1 Å². The number of nitrogens with zero attached hydrogens (tertiary/aromatic N) is 2. The highest BCUT2D eigenvalue weighted by Gasteiger charge is 2.29. The van der Waals surface area contributed by atoms with Crippen molar-refractivity contribution >= 4 is 17.5 Å². The van der Waals surface area contributed by atoms with Crippen LogP contribution in [0.2, 0.25) is 5.02 Å². The number of carbonyl (C=O) groups is 1. The maximum absolute atomic E-state index is 12.4. The van der Waals surface area contributed by atoms with Crippen molar-refractivity contribution in [2.24, 2.45) is 0 Å². The van der Waals surface area contributed by atoms with Gasteiger partial charge in [-0.2, -0.15) is 0 Å². The Morgan fingerprint density at radius 3 is 3.00 bits per heavy atom. The molecule has 110 valence electrons. The minimum Gasteiger partial charge on any atom is -0.346 e. The number of halogens is 1. The fourth-order valence-electron chi connectivity index (χ4n) is 2.57. The van der Waals surface area contributed by atoms with E-state index in [2.05, 4.69) is 15.0 Å². The van der Waals surface area contributed by atoms with Gasteiger partial charge in [-0.3, -0.25) is 9.59 Å². The molecule has 1 aliphatic heterocycles. The smallest absolute Gasteiger partial charge is 0.266 e. The molecule has 1 amide bonds. The normalized spacial score (nSPS) is 18.2. The predicted octanol–water partition coefficient (Wildman–Crippen LogP) is 1.69. The largest absolute Gasteiger partial charge is 0.346 e. The van der Waals surface area contributed by atoms with Gasteiger partial charge in [0.05, 0.1) is 5.56 Å². The minimum absolute atomic E-state index is 0.0262. The zero-order valence-corrected chi connectivity index (χ0v) is 12.3. The van der Waals surface area contributed by atoms with Crippen molar-refractivity contribution in [3.05, 3.63) is 50.9 Å². The van der Waals surface area contributed by atoms with Crippen LogP contribution in [0.3, 0.4) is 0 Å². The minimum atomic E-state index is -0.390. The first-order valence-corrected chi connectivity index (χ1v) is 7.11. The van der Waals surface area contributed by atoms with E-state index in [9.17, 15) is 9.59 Å². The number of aromatic amines is 2. The van der Waals surface area contributed by atoms with Crippen LogP contribution in [0.1, 0.15) is 34.2 Å². The summed E-state index contributed by atoms with van der Waals surface area (Å²) in [5, 5.41) is 0.0262. The lowest BCUT2D eigenvalue weighted by atomic mass is 10.1. The summed E-state index contributed by atoms with van der Waals surface area (Å²) in [6.45, 7) is 3.24. The van der Waals surface area contributed by atoms with E-state index in [0.29, 0.717) is 18.7 Å². The van der Waals surface area contributed by atoms with Gasteiger partial charge in [0.1, 0.15) is 10.8 Å². The highest BCUT2D eigenvalue weighted by Crippen LogP contribution is 2.26. The van der Waals surface area contributed by atoms with Gasteiger partial charge in [-0.05, 0) is 19.4 Å². The van der Waals surface area contributed by atoms with Crippen molar-refractivity contribution in [2.45, 2.75) is 19.3 Å². The van der Waals surface area contributed by atoms with Gasteiger partial charge in [0.25, 0.3) is 11.5 Å². The molecule has 0 bridgehead atoms. The van der Waals surface area contributed by atoms with Crippen LogP contribution in [0.25, 0.3) is 0 Å². The summed E-state index contributed by atoms with van der Waals surface area (Å²) in [5.74, 6) is 1.02. The topological polar surface area (TPSA) is 81.8 Å². The van der Waals surface area contributed by atoms with Gasteiger partial charge in [0, 0.05) is 37.1 Å². The summed E-state index contributed by atoms with van der Waals surface area (Å²) >= 11 is 5.76. The standard InChI is InChI=1S/C14H15ClN4O2/c1-8-5-16-12(18-8)9-2-3-19(7-9)14(21)10-4-11(15)13(20)17-6-10/h4-6,9H,2-3,7H2,1H3,(H,16,18)(H,17,20)/t9-/m0/s1. The molecule has 1 saturated heterocycles. The van der Waals surface area contributed by atoms with Gasteiger partial charge >= 0.3 is 0 Å². The average Bonchev–Trinajstić information content (AvgIpc) is 3.09. The number of H-pyrrole nitrogens is 2. The molecule has 6 nitrogen and oxygen atoms in total. The second kappa shape index (κ2) is 5.37. The van der Waals surface area contributed by atoms with Gasteiger partial charge in [-0.15, -0.1) is 0 Å². The zero-order chi connectivity index (χ0) is 15.0. The first kappa shape index (κ1) is 13.9. The lowest BCUT2D eigenvalue weighted by Crippen LogP contribution is -2.29. The lowest BCUT2D eigenvalue weighted by molar-refractivity contribution is 0.0790. The Morgan fingerprint density at radius 2 is 2.33 bits per heavy atom. The molecular formula is C14H15ClN4O2. The maximum Gasteiger partial charge on any atom is 0.266 e. The van der Waals surface area contributed by atoms with E-state index in [1.807, 2.05) is 6.92 Å². The molecular weight excluding hydrogens is 292 g/mol. The maximum atomic E-state index is 12.4. The molecule has 3 rings (SSSR count). The van der Waals surface area contributed by atoms with Crippen LogP contribution < -0.4 is 5.56 Å². The first-order valence-electron chi connectivity index (χ1n) is 6.73. The summed E-state index contributed by atoms with van der Waals surface area (Å²) in [4.78, 5) is 35.4. The number of aromatic nitrogens is 3. The van der Waals surface area contributed by atoms with E-state index >= 15 is 0 Å². The van der Waals surface area contributed by atoms with Gasteiger partial charge in [0.2, 0.25) is 0 Å². The molecule has 1 aliphatic rings. The monoisotopic (exact) mass is 306 g/mol. The number of pyridine rings is 1. The Kier molecular flexibility index (Phi) is 3.55. The highest BCUT2D eigenvalue weighted by molar-refractivity contribution is 6.30.